The number of ether oxygens (including phenoxy) is 2. The predicted octanol–water partition coefficient (Wildman–Crippen LogP) is 3.39. The van der Waals surface area contributed by atoms with Gasteiger partial charge in [-0.1, -0.05) is 23.8 Å². The second-order valence-electron chi connectivity index (χ2n) is 4.60. The molecule has 0 unspecified atom stereocenters. The van der Waals surface area contributed by atoms with Crippen LogP contribution < -0.4 is 20.5 Å². The van der Waals surface area contributed by atoms with E-state index in [-0.39, 0.29) is 0 Å². The first-order chi connectivity index (χ1) is 10.0. The summed E-state index contributed by atoms with van der Waals surface area (Å²) in [7, 11) is 3.24. The summed E-state index contributed by atoms with van der Waals surface area (Å²) in [5.74, 6) is 1.45. The van der Waals surface area contributed by atoms with Crippen LogP contribution in [0, 0.1) is 6.92 Å². The number of hydrogen-bond donors (Lipinski definition) is 2. The van der Waals surface area contributed by atoms with E-state index in [1.807, 2.05) is 43.3 Å². The van der Waals surface area contributed by atoms with Crippen molar-refractivity contribution in [3.63, 3.8) is 0 Å². The maximum atomic E-state index is 5.80. The smallest absolute Gasteiger partial charge is 0.142 e. The van der Waals surface area contributed by atoms with Crippen LogP contribution in [0.4, 0.5) is 11.4 Å². The Morgan fingerprint density at radius 3 is 2.43 bits per heavy atom. The zero-order valence-corrected chi connectivity index (χ0v) is 13.1. The SMILES string of the molecule is COc1ccc(OC)c(Nc2ccc(C)cc2C(N)=S)c1. The fraction of sp³-hybridized carbons (Fsp3) is 0.188. The normalized spacial score (nSPS) is 10.0. The topological polar surface area (TPSA) is 56.5 Å². The van der Waals surface area contributed by atoms with Gasteiger partial charge in [-0.2, -0.15) is 0 Å². The van der Waals surface area contributed by atoms with Crippen LogP contribution >= 0.6 is 12.2 Å². The van der Waals surface area contributed by atoms with Crippen LogP contribution in [0.15, 0.2) is 36.4 Å². The van der Waals surface area contributed by atoms with Gasteiger partial charge in [-0.05, 0) is 31.2 Å². The summed E-state index contributed by atoms with van der Waals surface area (Å²) in [6, 6.07) is 11.4. The molecule has 0 aliphatic carbocycles. The third-order valence-electron chi connectivity index (χ3n) is 3.12. The van der Waals surface area contributed by atoms with Crippen molar-refractivity contribution < 1.29 is 9.47 Å². The lowest BCUT2D eigenvalue weighted by molar-refractivity contribution is 0.405. The van der Waals surface area contributed by atoms with Gasteiger partial charge in [-0.3, -0.25) is 0 Å². The molecule has 3 N–H and O–H groups in total. The van der Waals surface area contributed by atoms with E-state index in [0.29, 0.717) is 10.7 Å². The van der Waals surface area contributed by atoms with E-state index in [0.717, 1.165) is 28.3 Å². The molecule has 2 aromatic rings. The largest absolute Gasteiger partial charge is 0.497 e. The van der Waals surface area contributed by atoms with Crippen LogP contribution in [0.5, 0.6) is 11.5 Å². The first-order valence-corrected chi connectivity index (χ1v) is 6.85. The molecule has 0 saturated heterocycles. The molecule has 2 rings (SSSR count). The van der Waals surface area contributed by atoms with Gasteiger partial charge < -0.3 is 20.5 Å². The van der Waals surface area contributed by atoms with Crippen LogP contribution in [0.2, 0.25) is 0 Å². The number of aryl methyl sites for hydroxylation is 1. The van der Waals surface area contributed by atoms with Gasteiger partial charge in [0.2, 0.25) is 0 Å². The monoisotopic (exact) mass is 302 g/mol. The molecule has 0 saturated carbocycles. The molecular formula is C16H18N2O2S. The molecule has 0 aliphatic heterocycles. The lowest BCUT2D eigenvalue weighted by Gasteiger charge is -2.15. The number of benzene rings is 2. The number of hydrogen-bond acceptors (Lipinski definition) is 4. The van der Waals surface area contributed by atoms with Gasteiger partial charge in [0.15, 0.2) is 0 Å². The Labute approximate surface area is 129 Å². The molecule has 0 spiro atoms. The fourth-order valence-electron chi connectivity index (χ4n) is 2.03. The Kier molecular flexibility index (Phi) is 4.65. The fourth-order valence-corrected chi connectivity index (χ4v) is 2.20. The molecule has 2 aromatic carbocycles. The molecule has 0 aliphatic rings. The number of nitrogens with two attached hydrogens (primary N) is 1. The quantitative estimate of drug-likeness (QED) is 0.829. The van der Waals surface area contributed by atoms with Gasteiger partial charge in [-0.25, -0.2) is 0 Å². The molecule has 0 atom stereocenters. The highest BCUT2D eigenvalue weighted by Gasteiger charge is 2.10. The lowest BCUT2D eigenvalue weighted by Crippen LogP contribution is -2.12. The minimum absolute atomic E-state index is 0.350. The highest BCUT2D eigenvalue weighted by atomic mass is 32.1. The third-order valence-corrected chi connectivity index (χ3v) is 3.34. The summed E-state index contributed by atoms with van der Waals surface area (Å²) in [5, 5.41) is 3.30. The van der Waals surface area contributed by atoms with E-state index in [2.05, 4.69) is 5.32 Å². The number of nitrogens with one attached hydrogen (secondary N) is 1. The van der Waals surface area contributed by atoms with Crippen molar-refractivity contribution in [1.29, 1.82) is 0 Å². The minimum Gasteiger partial charge on any atom is -0.497 e. The molecular weight excluding hydrogens is 284 g/mol. The molecule has 5 heteroatoms. The Bertz CT molecular complexity index is 671. The van der Waals surface area contributed by atoms with Crippen molar-refractivity contribution >= 4 is 28.6 Å². The van der Waals surface area contributed by atoms with Gasteiger partial charge in [0.25, 0.3) is 0 Å². The zero-order chi connectivity index (χ0) is 15.4. The molecule has 110 valence electrons. The molecule has 0 radical (unpaired) electrons. The first-order valence-electron chi connectivity index (χ1n) is 6.44. The Morgan fingerprint density at radius 2 is 1.81 bits per heavy atom. The Balaban J connectivity index is 2.44. The van der Waals surface area contributed by atoms with E-state index < -0.39 is 0 Å². The highest BCUT2D eigenvalue weighted by Crippen LogP contribution is 2.32. The van der Waals surface area contributed by atoms with Crippen LogP contribution in [0.1, 0.15) is 11.1 Å². The average Bonchev–Trinajstić information content (AvgIpc) is 2.48. The summed E-state index contributed by atoms with van der Waals surface area (Å²) in [5.41, 5.74) is 9.32. The predicted molar refractivity (Wildman–Crippen MR) is 89.9 cm³/mol. The second-order valence-corrected chi connectivity index (χ2v) is 5.04. The lowest BCUT2D eigenvalue weighted by atomic mass is 10.1. The van der Waals surface area contributed by atoms with Crippen LogP contribution in [0.25, 0.3) is 0 Å². The third kappa shape index (κ3) is 3.44. The van der Waals surface area contributed by atoms with Gasteiger partial charge in [0.1, 0.15) is 16.5 Å². The number of thiocarbonyl (C=S) groups is 1. The summed E-state index contributed by atoms with van der Waals surface area (Å²) < 4.78 is 10.6. The molecule has 0 bridgehead atoms. The summed E-state index contributed by atoms with van der Waals surface area (Å²) in [6.45, 7) is 2.00. The van der Waals surface area contributed by atoms with Crippen molar-refractivity contribution in [1.82, 2.24) is 0 Å². The van der Waals surface area contributed by atoms with Crippen LogP contribution in [-0.4, -0.2) is 19.2 Å². The van der Waals surface area contributed by atoms with Gasteiger partial charge >= 0.3 is 0 Å². The van der Waals surface area contributed by atoms with E-state index in [9.17, 15) is 0 Å². The van der Waals surface area contributed by atoms with Crippen molar-refractivity contribution in [3.05, 3.63) is 47.5 Å². The average molecular weight is 302 g/mol. The highest BCUT2D eigenvalue weighted by molar-refractivity contribution is 7.80. The molecule has 0 heterocycles. The summed E-state index contributed by atoms with van der Waals surface area (Å²) in [4.78, 5) is 0.350. The van der Waals surface area contributed by atoms with E-state index >= 15 is 0 Å². The maximum Gasteiger partial charge on any atom is 0.142 e. The van der Waals surface area contributed by atoms with Crippen molar-refractivity contribution in [3.8, 4) is 11.5 Å². The van der Waals surface area contributed by atoms with Crippen molar-refractivity contribution in [2.45, 2.75) is 6.92 Å². The Hall–Kier alpha value is -2.27. The molecule has 0 aromatic heterocycles. The van der Waals surface area contributed by atoms with Crippen molar-refractivity contribution in [2.24, 2.45) is 5.73 Å². The van der Waals surface area contributed by atoms with E-state index in [1.54, 1.807) is 14.2 Å². The number of anilines is 2. The van der Waals surface area contributed by atoms with Crippen LogP contribution in [0.3, 0.4) is 0 Å². The summed E-state index contributed by atoms with van der Waals surface area (Å²) in [6.07, 6.45) is 0. The van der Waals surface area contributed by atoms with Gasteiger partial charge in [0.05, 0.1) is 19.9 Å². The van der Waals surface area contributed by atoms with Gasteiger partial charge in [-0.15, -0.1) is 0 Å². The van der Waals surface area contributed by atoms with Crippen molar-refractivity contribution in [2.75, 3.05) is 19.5 Å². The summed E-state index contributed by atoms with van der Waals surface area (Å²) >= 11 is 5.12. The first kappa shape index (κ1) is 15.1. The second kappa shape index (κ2) is 6.45. The number of methoxy groups -OCH3 is 2. The maximum absolute atomic E-state index is 5.80. The molecule has 0 fully saturated rings. The molecule has 4 nitrogen and oxygen atoms in total. The standard InChI is InChI=1S/C16H18N2O2S/c1-10-4-6-13(12(8-10)16(17)21)18-14-9-11(19-2)5-7-15(14)20-3/h4-9,18H,1-3H3,(H2,17,21). The zero-order valence-electron chi connectivity index (χ0n) is 12.3. The number of rotatable bonds is 5. The van der Waals surface area contributed by atoms with E-state index in [4.69, 9.17) is 27.4 Å². The molecule has 0 amide bonds. The van der Waals surface area contributed by atoms with Crippen LogP contribution in [-0.2, 0) is 0 Å². The van der Waals surface area contributed by atoms with Gasteiger partial charge in [0, 0.05) is 17.3 Å². The Morgan fingerprint density at radius 1 is 1.05 bits per heavy atom. The molecule has 21 heavy (non-hydrogen) atoms. The van der Waals surface area contributed by atoms with E-state index in [1.165, 1.54) is 0 Å². The minimum atomic E-state index is 0.350.